The molecule has 1 fully saturated rings. The van der Waals surface area contributed by atoms with E-state index >= 15 is 0 Å². The predicted octanol–water partition coefficient (Wildman–Crippen LogP) is 4.59. The van der Waals surface area contributed by atoms with Crippen LogP contribution >= 0.6 is 11.8 Å². The van der Waals surface area contributed by atoms with Gasteiger partial charge in [0.2, 0.25) is 0 Å². The van der Waals surface area contributed by atoms with Crippen LogP contribution in [0.1, 0.15) is 35.2 Å². The monoisotopic (exact) mass is 388 g/mol. The smallest absolute Gasteiger partial charge is 0.169 e. The maximum Gasteiger partial charge on any atom is 0.169 e. The van der Waals surface area contributed by atoms with Gasteiger partial charge in [-0.25, -0.2) is 4.39 Å². The average molecular weight is 388 g/mol. The van der Waals surface area contributed by atoms with Crippen molar-refractivity contribution in [2.45, 2.75) is 34.7 Å². The van der Waals surface area contributed by atoms with Crippen LogP contribution in [0.2, 0.25) is 0 Å². The topological polar surface area (TPSA) is 44.8 Å². The number of ketones is 1. The van der Waals surface area contributed by atoms with Crippen LogP contribution in [0.4, 0.5) is 4.39 Å². The third-order valence-corrected chi connectivity index (χ3v) is 6.13. The van der Waals surface area contributed by atoms with Gasteiger partial charge in [0.05, 0.1) is 17.8 Å². The van der Waals surface area contributed by atoms with Gasteiger partial charge in [-0.2, -0.15) is 0 Å². The number of methoxy groups -OCH3 is 1. The molecule has 6 heteroatoms. The largest absolute Gasteiger partial charge is 0.492 e. The average Bonchev–Trinajstić information content (AvgIpc) is 2.68. The number of halogens is 1. The lowest BCUT2D eigenvalue weighted by Crippen LogP contribution is -2.35. The number of rotatable bonds is 4. The Morgan fingerprint density at radius 2 is 1.89 bits per heavy atom. The Morgan fingerprint density at radius 3 is 2.67 bits per heavy atom. The predicted molar refractivity (Wildman–Crippen MR) is 100 cm³/mol. The van der Waals surface area contributed by atoms with E-state index in [9.17, 15) is 9.18 Å². The first kappa shape index (κ1) is 18.5. The van der Waals surface area contributed by atoms with Crippen LogP contribution < -0.4 is 4.74 Å². The molecule has 0 spiro atoms. The van der Waals surface area contributed by atoms with Gasteiger partial charge in [-0.3, -0.25) is 4.79 Å². The molecule has 0 atom stereocenters. The SMILES string of the molecule is COC1(c2cc(F)cc(Sc3ccc4c(c3)OCCC4=O)c2)CCOCC1. The fourth-order valence-corrected chi connectivity index (χ4v) is 4.57. The van der Waals surface area contributed by atoms with Crippen LogP contribution in [0.25, 0.3) is 0 Å². The molecule has 0 saturated carbocycles. The number of fused-ring (bicyclic) bond motifs is 1. The van der Waals surface area contributed by atoms with E-state index in [4.69, 9.17) is 14.2 Å². The van der Waals surface area contributed by atoms with Gasteiger partial charge < -0.3 is 14.2 Å². The Bertz CT molecular complexity index is 861. The highest BCUT2D eigenvalue weighted by Crippen LogP contribution is 2.40. The van der Waals surface area contributed by atoms with E-state index in [0.29, 0.717) is 50.4 Å². The highest BCUT2D eigenvalue weighted by Gasteiger charge is 2.35. The molecule has 2 aliphatic rings. The molecule has 27 heavy (non-hydrogen) atoms. The first-order valence-corrected chi connectivity index (χ1v) is 9.83. The van der Waals surface area contributed by atoms with Gasteiger partial charge in [-0.1, -0.05) is 11.8 Å². The van der Waals surface area contributed by atoms with Crippen LogP contribution in [0.15, 0.2) is 46.2 Å². The quantitative estimate of drug-likeness (QED) is 0.766. The summed E-state index contributed by atoms with van der Waals surface area (Å²) >= 11 is 1.45. The molecule has 0 amide bonds. The molecular formula is C21H21FO4S. The van der Waals surface area contributed by atoms with Crippen molar-refractivity contribution in [1.29, 1.82) is 0 Å². The maximum atomic E-state index is 14.3. The summed E-state index contributed by atoms with van der Waals surface area (Å²) < 4.78 is 31.2. The molecule has 1 saturated heterocycles. The van der Waals surface area contributed by atoms with Crippen molar-refractivity contribution in [3.05, 3.63) is 53.3 Å². The summed E-state index contributed by atoms with van der Waals surface area (Å²) in [4.78, 5) is 13.6. The molecule has 0 aliphatic carbocycles. The number of benzene rings is 2. The lowest BCUT2D eigenvalue weighted by molar-refractivity contribution is -0.0950. The van der Waals surface area contributed by atoms with Gasteiger partial charge in [0, 0.05) is 49.4 Å². The molecule has 0 bridgehead atoms. The molecule has 4 nitrogen and oxygen atoms in total. The highest BCUT2D eigenvalue weighted by molar-refractivity contribution is 7.99. The zero-order valence-electron chi connectivity index (χ0n) is 15.1. The van der Waals surface area contributed by atoms with Gasteiger partial charge >= 0.3 is 0 Å². The molecule has 2 heterocycles. The molecule has 2 aromatic rings. The molecule has 0 N–H and O–H groups in total. The normalized spacial score (nSPS) is 18.7. The number of ether oxygens (including phenoxy) is 3. The van der Waals surface area contributed by atoms with Gasteiger partial charge in [-0.05, 0) is 42.0 Å². The summed E-state index contributed by atoms with van der Waals surface area (Å²) in [5, 5.41) is 0. The van der Waals surface area contributed by atoms with Crippen LogP contribution in [0.5, 0.6) is 5.75 Å². The van der Waals surface area contributed by atoms with Crippen LogP contribution in [0.3, 0.4) is 0 Å². The van der Waals surface area contributed by atoms with Crippen molar-refractivity contribution >= 4 is 17.5 Å². The van der Waals surface area contributed by atoms with Crippen molar-refractivity contribution in [3.63, 3.8) is 0 Å². The van der Waals surface area contributed by atoms with Crippen molar-refractivity contribution in [3.8, 4) is 5.75 Å². The molecule has 142 valence electrons. The Morgan fingerprint density at radius 1 is 1.07 bits per heavy atom. The van der Waals surface area contributed by atoms with E-state index < -0.39 is 5.60 Å². The van der Waals surface area contributed by atoms with E-state index in [0.717, 1.165) is 15.4 Å². The number of hydrogen-bond acceptors (Lipinski definition) is 5. The van der Waals surface area contributed by atoms with Crippen LogP contribution in [-0.2, 0) is 15.1 Å². The van der Waals surface area contributed by atoms with Crippen molar-refractivity contribution in [2.75, 3.05) is 26.9 Å². The van der Waals surface area contributed by atoms with Crippen LogP contribution in [0, 0.1) is 5.82 Å². The molecule has 2 aromatic carbocycles. The molecule has 0 unspecified atom stereocenters. The second kappa shape index (κ2) is 7.62. The lowest BCUT2D eigenvalue weighted by atomic mass is 9.86. The van der Waals surface area contributed by atoms with E-state index in [1.807, 2.05) is 18.2 Å². The minimum Gasteiger partial charge on any atom is -0.492 e. The minimum absolute atomic E-state index is 0.0994. The van der Waals surface area contributed by atoms with E-state index in [-0.39, 0.29) is 11.6 Å². The lowest BCUT2D eigenvalue weighted by Gasteiger charge is -2.36. The summed E-state index contributed by atoms with van der Waals surface area (Å²) in [5.74, 6) is 0.412. The standard InChI is InChI=1S/C21H21FO4S/c1-24-21(5-8-25-9-6-21)14-10-15(22)12-17(11-14)27-16-2-3-18-19(23)4-7-26-20(18)13-16/h2-3,10-13H,4-9H2,1H3. The fraction of sp³-hybridized carbons (Fsp3) is 0.381. The minimum atomic E-state index is -0.513. The molecule has 0 radical (unpaired) electrons. The highest BCUT2D eigenvalue weighted by atomic mass is 32.2. The Hall–Kier alpha value is -1.89. The molecule has 2 aliphatic heterocycles. The third-order valence-electron chi connectivity index (χ3n) is 5.16. The van der Waals surface area contributed by atoms with Gasteiger partial charge in [0.25, 0.3) is 0 Å². The summed E-state index contributed by atoms with van der Waals surface area (Å²) in [6.45, 7) is 1.61. The summed E-state index contributed by atoms with van der Waals surface area (Å²) in [6.07, 6.45) is 1.81. The molecule has 0 aromatic heterocycles. The van der Waals surface area contributed by atoms with Crippen molar-refractivity contribution < 1.29 is 23.4 Å². The van der Waals surface area contributed by atoms with Crippen LogP contribution in [-0.4, -0.2) is 32.7 Å². The second-order valence-corrected chi connectivity index (χ2v) is 7.91. The fourth-order valence-electron chi connectivity index (χ4n) is 3.64. The van der Waals surface area contributed by atoms with E-state index in [1.165, 1.54) is 17.8 Å². The first-order valence-electron chi connectivity index (χ1n) is 9.01. The summed E-state index contributed by atoms with van der Waals surface area (Å²) in [5.41, 5.74) is 0.937. The first-order chi connectivity index (χ1) is 13.1. The zero-order valence-corrected chi connectivity index (χ0v) is 15.9. The summed E-state index contributed by atoms with van der Waals surface area (Å²) in [7, 11) is 1.67. The van der Waals surface area contributed by atoms with Gasteiger partial charge in [0.1, 0.15) is 11.6 Å². The number of carbonyl (C=O) groups is 1. The number of carbonyl (C=O) groups excluding carboxylic acids is 1. The Kier molecular flexibility index (Phi) is 5.21. The molecule has 4 rings (SSSR count). The summed E-state index contributed by atoms with van der Waals surface area (Å²) in [6, 6.07) is 10.6. The second-order valence-electron chi connectivity index (χ2n) is 6.77. The number of Topliss-reactive ketones (excluding diaryl/α,β-unsaturated/α-hetero) is 1. The van der Waals surface area contributed by atoms with Crippen molar-refractivity contribution in [1.82, 2.24) is 0 Å². The van der Waals surface area contributed by atoms with Gasteiger partial charge in [0.15, 0.2) is 5.78 Å². The molecular weight excluding hydrogens is 367 g/mol. The Labute approximate surface area is 162 Å². The van der Waals surface area contributed by atoms with E-state index in [2.05, 4.69) is 0 Å². The number of hydrogen-bond donors (Lipinski definition) is 0. The zero-order chi connectivity index (χ0) is 18.9. The Balaban J connectivity index is 1.63. The van der Waals surface area contributed by atoms with Crippen molar-refractivity contribution in [2.24, 2.45) is 0 Å². The third kappa shape index (κ3) is 3.74. The van der Waals surface area contributed by atoms with Gasteiger partial charge in [-0.15, -0.1) is 0 Å². The maximum absolute atomic E-state index is 14.3. The van der Waals surface area contributed by atoms with E-state index in [1.54, 1.807) is 19.2 Å².